The van der Waals surface area contributed by atoms with Crippen molar-refractivity contribution in [3.8, 4) is 11.3 Å². The number of halogens is 1. The van der Waals surface area contributed by atoms with Crippen LogP contribution < -0.4 is 5.32 Å². The Kier molecular flexibility index (Phi) is 5.28. The molecule has 1 aromatic heterocycles. The van der Waals surface area contributed by atoms with Gasteiger partial charge >= 0.3 is 0 Å². The van der Waals surface area contributed by atoms with Crippen LogP contribution in [-0.4, -0.2) is 36.0 Å². The molecule has 0 radical (unpaired) electrons. The highest BCUT2D eigenvalue weighted by atomic mass is 35.5. The summed E-state index contributed by atoms with van der Waals surface area (Å²) in [6.45, 7) is 1.99. The summed E-state index contributed by atoms with van der Waals surface area (Å²) in [7, 11) is 3.29. The summed E-state index contributed by atoms with van der Waals surface area (Å²) in [5.41, 5.74) is 3.38. The number of hydrogen-bond donors (Lipinski definition) is 1. The molecule has 1 N–H and O–H groups in total. The molecule has 0 aliphatic carbocycles. The van der Waals surface area contributed by atoms with E-state index in [-0.39, 0.29) is 16.7 Å². The van der Waals surface area contributed by atoms with Gasteiger partial charge in [0.15, 0.2) is 0 Å². The van der Waals surface area contributed by atoms with Crippen LogP contribution in [0.4, 0.5) is 5.69 Å². The lowest BCUT2D eigenvalue weighted by atomic mass is 10.1. The summed E-state index contributed by atoms with van der Waals surface area (Å²) in [6, 6.07) is 14.0. The maximum Gasteiger partial charge on any atom is 0.294 e. The van der Waals surface area contributed by atoms with Gasteiger partial charge in [-0.3, -0.25) is 9.59 Å². The smallest absolute Gasteiger partial charge is 0.294 e. The molecule has 3 aromatic rings. The van der Waals surface area contributed by atoms with Gasteiger partial charge in [-0.05, 0) is 25.1 Å². The number of nitrogens with zero attached hydrogens (tertiary/aromatic N) is 2. The highest BCUT2D eigenvalue weighted by Gasteiger charge is 2.17. The molecule has 27 heavy (non-hydrogen) atoms. The minimum absolute atomic E-state index is 0.0788. The fourth-order valence-corrected chi connectivity index (χ4v) is 2.70. The monoisotopic (exact) mass is 383 g/mol. The van der Waals surface area contributed by atoms with E-state index < -0.39 is 5.91 Å². The Morgan fingerprint density at radius 2 is 1.78 bits per heavy atom. The molecule has 0 bridgehead atoms. The van der Waals surface area contributed by atoms with Crippen molar-refractivity contribution >= 4 is 29.1 Å². The molecule has 7 heteroatoms. The molecule has 0 unspecified atom stereocenters. The van der Waals surface area contributed by atoms with Crippen LogP contribution in [0.25, 0.3) is 11.3 Å². The first-order valence-electron chi connectivity index (χ1n) is 8.21. The van der Waals surface area contributed by atoms with Gasteiger partial charge in [0.05, 0.1) is 10.6 Å². The van der Waals surface area contributed by atoms with E-state index in [0.29, 0.717) is 16.9 Å². The Labute approximate surface area is 161 Å². The van der Waals surface area contributed by atoms with Gasteiger partial charge in [-0.15, -0.1) is 0 Å². The van der Waals surface area contributed by atoms with Crippen LogP contribution in [0.15, 0.2) is 53.1 Å². The van der Waals surface area contributed by atoms with Crippen molar-refractivity contribution in [1.29, 1.82) is 0 Å². The summed E-state index contributed by atoms with van der Waals surface area (Å²) in [6.07, 6.45) is 0. The Morgan fingerprint density at radius 1 is 1.07 bits per heavy atom. The van der Waals surface area contributed by atoms with E-state index in [1.807, 2.05) is 31.2 Å². The first-order chi connectivity index (χ1) is 12.8. The number of nitrogens with one attached hydrogen (secondary N) is 1. The Hall–Kier alpha value is -3.12. The SMILES string of the molecule is Cc1ccc(-c2cc(C(=O)Nc3ccc(C(=O)N(C)C)c(Cl)c3)on2)cc1. The minimum atomic E-state index is -0.455. The highest BCUT2D eigenvalue weighted by molar-refractivity contribution is 6.34. The van der Waals surface area contributed by atoms with E-state index in [0.717, 1.165) is 11.1 Å². The molecule has 0 saturated carbocycles. The van der Waals surface area contributed by atoms with Crippen LogP contribution in [0, 0.1) is 6.92 Å². The zero-order chi connectivity index (χ0) is 19.6. The van der Waals surface area contributed by atoms with Crippen molar-refractivity contribution in [3.63, 3.8) is 0 Å². The molecule has 6 nitrogen and oxygen atoms in total. The predicted octanol–water partition coefficient (Wildman–Crippen LogP) is 4.26. The predicted molar refractivity (Wildman–Crippen MR) is 104 cm³/mol. The van der Waals surface area contributed by atoms with Crippen molar-refractivity contribution in [2.75, 3.05) is 19.4 Å². The van der Waals surface area contributed by atoms with Gasteiger partial charge in [-0.25, -0.2) is 0 Å². The van der Waals surface area contributed by atoms with Crippen molar-refractivity contribution in [3.05, 3.63) is 70.4 Å². The number of hydrogen-bond acceptors (Lipinski definition) is 4. The first-order valence-corrected chi connectivity index (χ1v) is 8.59. The standard InChI is InChI=1S/C20H18ClN3O3/c1-12-4-6-13(7-5-12)17-11-18(27-23-17)19(25)22-14-8-9-15(16(21)10-14)20(26)24(2)3/h4-11H,1-3H3,(H,22,25). The molecule has 0 spiro atoms. The molecule has 3 rings (SSSR count). The van der Waals surface area contributed by atoms with Crippen LogP contribution in [0.5, 0.6) is 0 Å². The maximum atomic E-state index is 12.4. The lowest BCUT2D eigenvalue weighted by molar-refractivity contribution is 0.0827. The summed E-state index contributed by atoms with van der Waals surface area (Å²) < 4.78 is 5.15. The molecule has 0 fully saturated rings. The number of carbonyl (C=O) groups is 2. The second-order valence-corrected chi connectivity index (χ2v) is 6.70. The zero-order valence-electron chi connectivity index (χ0n) is 15.1. The van der Waals surface area contributed by atoms with Gasteiger partial charge < -0.3 is 14.7 Å². The molecule has 1 heterocycles. The number of aryl methyl sites for hydroxylation is 1. The van der Waals surface area contributed by atoms with Gasteiger partial charge in [0, 0.05) is 31.4 Å². The third-order valence-electron chi connectivity index (χ3n) is 3.94. The minimum Gasteiger partial charge on any atom is -0.350 e. The van der Waals surface area contributed by atoms with E-state index in [2.05, 4.69) is 10.5 Å². The second-order valence-electron chi connectivity index (χ2n) is 6.29. The quantitative estimate of drug-likeness (QED) is 0.730. The van der Waals surface area contributed by atoms with Gasteiger partial charge in [0.1, 0.15) is 5.69 Å². The van der Waals surface area contributed by atoms with Gasteiger partial charge in [-0.1, -0.05) is 46.6 Å². The molecular formula is C20H18ClN3O3. The second kappa shape index (κ2) is 7.63. The molecule has 0 aliphatic heterocycles. The van der Waals surface area contributed by atoms with Gasteiger partial charge in [0.2, 0.25) is 5.76 Å². The maximum absolute atomic E-state index is 12.4. The van der Waals surface area contributed by atoms with Crippen LogP contribution in [0.1, 0.15) is 26.5 Å². The first kappa shape index (κ1) is 18.7. The highest BCUT2D eigenvalue weighted by Crippen LogP contribution is 2.24. The van der Waals surface area contributed by atoms with Crippen molar-refractivity contribution < 1.29 is 14.1 Å². The third kappa shape index (κ3) is 4.17. The normalized spacial score (nSPS) is 10.5. The number of rotatable bonds is 4. The van der Waals surface area contributed by atoms with Crippen LogP contribution in [-0.2, 0) is 0 Å². The molecule has 2 amide bonds. The van der Waals surface area contributed by atoms with E-state index in [4.69, 9.17) is 16.1 Å². The van der Waals surface area contributed by atoms with Crippen LogP contribution in [0.2, 0.25) is 5.02 Å². The largest absolute Gasteiger partial charge is 0.350 e. The third-order valence-corrected chi connectivity index (χ3v) is 4.26. The Bertz CT molecular complexity index is 994. The summed E-state index contributed by atoms with van der Waals surface area (Å²) in [4.78, 5) is 25.8. The van der Waals surface area contributed by atoms with Crippen LogP contribution in [0.3, 0.4) is 0 Å². The average Bonchev–Trinajstić information content (AvgIpc) is 3.12. The molecular weight excluding hydrogens is 366 g/mol. The van der Waals surface area contributed by atoms with Gasteiger partial charge in [-0.2, -0.15) is 0 Å². The number of carbonyl (C=O) groups excluding carboxylic acids is 2. The lowest BCUT2D eigenvalue weighted by Crippen LogP contribution is -2.22. The van der Waals surface area contributed by atoms with Crippen LogP contribution >= 0.6 is 11.6 Å². The van der Waals surface area contributed by atoms with Gasteiger partial charge in [0.25, 0.3) is 11.8 Å². The fraction of sp³-hybridized carbons (Fsp3) is 0.150. The van der Waals surface area contributed by atoms with E-state index in [9.17, 15) is 9.59 Å². The van der Waals surface area contributed by atoms with E-state index >= 15 is 0 Å². The van der Waals surface area contributed by atoms with Crippen molar-refractivity contribution in [2.24, 2.45) is 0 Å². The molecule has 0 atom stereocenters. The average molecular weight is 384 g/mol. The van der Waals surface area contributed by atoms with E-state index in [1.165, 1.54) is 11.0 Å². The molecule has 138 valence electrons. The number of anilines is 1. The summed E-state index contributed by atoms with van der Waals surface area (Å²) >= 11 is 6.16. The van der Waals surface area contributed by atoms with Crippen molar-refractivity contribution in [1.82, 2.24) is 10.1 Å². The fourth-order valence-electron chi connectivity index (χ4n) is 2.44. The zero-order valence-corrected chi connectivity index (χ0v) is 15.9. The number of benzene rings is 2. The van der Waals surface area contributed by atoms with Crippen molar-refractivity contribution in [2.45, 2.75) is 6.92 Å². The topological polar surface area (TPSA) is 75.4 Å². The summed E-state index contributed by atoms with van der Waals surface area (Å²) in [5, 5.41) is 6.88. The number of amides is 2. The van der Waals surface area contributed by atoms with E-state index in [1.54, 1.807) is 32.3 Å². The Morgan fingerprint density at radius 3 is 2.41 bits per heavy atom. The Balaban J connectivity index is 1.75. The number of aromatic nitrogens is 1. The lowest BCUT2D eigenvalue weighted by Gasteiger charge is -2.12. The molecule has 2 aromatic carbocycles. The summed E-state index contributed by atoms with van der Waals surface area (Å²) in [5.74, 6) is -0.588. The molecule has 0 aliphatic rings. The molecule has 0 saturated heterocycles.